The van der Waals surface area contributed by atoms with E-state index in [1.807, 2.05) is 0 Å². The molecule has 8 fully saturated rings. The van der Waals surface area contributed by atoms with E-state index in [1.165, 1.54) is 77.0 Å². The first kappa shape index (κ1) is 23.6. The molecule has 0 aromatic heterocycles. The zero-order chi connectivity index (χ0) is 25.2. The summed E-state index contributed by atoms with van der Waals surface area (Å²) in [6.07, 6.45) is 21.5. The lowest BCUT2D eigenvalue weighted by atomic mass is 9.60. The van der Waals surface area contributed by atoms with Crippen LogP contribution in [0.25, 0.3) is 0 Å². The fraction of sp³-hybridized carbons (Fsp3) is 0.909. The molecule has 39 heavy (non-hydrogen) atoms. The number of nitrogens with zero attached hydrogens (tertiary/aromatic N) is 1. The van der Waals surface area contributed by atoms with Crippen molar-refractivity contribution in [1.29, 1.82) is 0 Å². The zero-order valence-electron chi connectivity index (χ0n) is 23.6. The highest BCUT2D eigenvalue weighted by Crippen LogP contribution is 2.51. The molecule has 3 aliphatic carbocycles. The fourth-order valence-corrected chi connectivity index (χ4v) is 13.1. The number of fused-ring (bicyclic) bond motifs is 10. The molecule has 5 N–H and O–H groups in total. The molecule has 10 rings (SSSR count). The monoisotopic (exact) mass is 530 g/mol. The van der Waals surface area contributed by atoms with E-state index in [0.29, 0.717) is 60.3 Å². The van der Waals surface area contributed by atoms with E-state index in [-0.39, 0.29) is 0 Å². The van der Waals surface area contributed by atoms with E-state index in [2.05, 4.69) is 38.9 Å². The minimum Gasteiger partial charge on any atom is -0.388 e. The maximum Gasteiger partial charge on any atom is 0.0395 e. The van der Waals surface area contributed by atoms with Gasteiger partial charge in [0.05, 0.1) is 0 Å². The van der Waals surface area contributed by atoms with Gasteiger partial charge in [-0.2, -0.15) is 0 Å². The normalized spacial score (nSPS) is 60.1. The Bertz CT molecular complexity index is 1030. The molecule has 17 unspecified atom stereocenters. The molecule has 0 spiro atoms. The standard InChI is InChI=1S/C33H50N6/c1-2-17-4-6-25-29-23-8-10-35-27(23)14-19-12-21(37-31(19)29)15-20-11-18-13-26-22(7-9-34-26)28(30(18)36-20)24-5-3-16(1)32(38-24)33(17)39-25/h7,9,16-26,28-34,36-39H,1-6,8,10-15H2. The molecule has 7 aliphatic heterocycles. The van der Waals surface area contributed by atoms with Crippen molar-refractivity contribution in [2.75, 3.05) is 6.54 Å². The molecule has 3 saturated carbocycles. The predicted octanol–water partition coefficient (Wildman–Crippen LogP) is 2.95. The second-order valence-electron chi connectivity index (χ2n) is 15.9. The first-order valence-electron chi connectivity index (χ1n) is 17.3. The van der Waals surface area contributed by atoms with Crippen LogP contribution in [0.1, 0.15) is 77.0 Å². The van der Waals surface area contributed by atoms with Gasteiger partial charge in [-0.15, -0.1) is 0 Å². The van der Waals surface area contributed by atoms with Crippen LogP contribution in [0.5, 0.6) is 0 Å². The third kappa shape index (κ3) is 3.50. The molecule has 0 radical (unpaired) electrons. The molecular weight excluding hydrogens is 480 g/mol. The van der Waals surface area contributed by atoms with Crippen LogP contribution >= 0.6 is 0 Å². The van der Waals surface area contributed by atoms with Gasteiger partial charge in [-0.1, -0.05) is 6.08 Å². The Labute approximate surface area is 234 Å². The lowest BCUT2D eigenvalue weighted by Gasteiger charge is -2.56. The Morgan fingerprint density at radius 1 is 0.590 bits per heavy atom. The largest absolute Gasteiger partial charge is 0.388 e. The number of hydrogen-bond donors (Lipinski definition) is 5. The summed E-state index contributed by atoms with van der Waals surface area (Å²) in [6, 6.07) is 6.12. The van der Waals surface area contributed by atoms with Crippen molar-refractivity contribution in [2.45, 2.75) is 131 Å². The lowest BCUT2D eigenvalue weighted by Crippen LogP contribution is -2.69. The van der Waals surface area contributed by atoms with Crippen LogP contribution in [-0.4, -0.2) is 66.6 Å². The van der Waals surface area contributed by atoms with Gasteiger partial charge in [0, 0.05) is 78.5 Å². The van der Waals surface area contributed by atoms with Crippen molar-refractivity contribution in [3.63, 3.8) is 0 Å². The number of piperidine rings is 2. The van der Waals surface area contributed by atoms with Gasteiger partial charge in [-0.05, 0) is 119 Å². The highest BCUT2D eigenvalue weighted by Gasteiger charge is 2.57. The number of hydrogen-bond acceptors (Lipinski definition) is 6. The van der Waals surface area contributed by atoms with Gasteiger partial charge in [-0.3, -0.25) is 4.99 Å². The molecule has 6 heteroatoms. The van der Waals surface area contributed by atoms with Gasteiger partial charge in [0.2, 0.25) is 0 Å². The Kier molecular flexibility index (Phi) is 5.31. The second kappa shape index (κ2) is 8.78. The average molecular weight is 531 g/mol. The van der Waals surface area contributed by atoms with Crippen LogP contribution < -0.4 is 26.6 Å². The molecule has 10 aliphatic rings. The van der Waals surface area contributed by atoms with E-state index in [4.69, 9.17) is 4.99 Å². The topological polar surface area (TPSA) is 72.5 Å². The van der Waals surface area contributed by atoms with Crippen LogP contribution in [0, 0.1) is 47.3 Å². The summed E-state index contributed by atoms with van der Waals surface area (Å²) in [6.45, 7) is 1.09. The first-order chi connectivity index (χ1) is 19.3. The van der Waals surface area contributed by atoms with Crippen molar-refractivity contribution in [1.82, 2.24) is 26.6 Å². The van der Waals surface area contributed by atoms with Crippen LogP contribution in [-0.2, 0) is 0 Å². The van der Waals surface area contributed by atoms with E-state index in [1.54, 1.807) is 5.71 Å². The van der Waals surface area contributed by atoms with Crippen molar-refractivity contribution in [2.24, 2.45) is 52.3 Å². The van der Waals surface area contributed by atoms with Gasteiger partial charge in [0.1, 0.15) is 0 Å². The van der Waals surface area contributed by atoms with Gasteiger partial charge >= 0.3 is 0 Å². The molecular formula is C33H50N6. The highest BCUT2D eigenvalue weighted by atomic mass is 15.1. The Balaban J connectivity index is 1.05. The average Bonchev–Trinajstić information content (AvgIpc) is 3.75. The predicted molar refractivity (Wildman–Crippen MR) is 155 cm³/mol. The summed E-state index contributed by atoms with van der Waals surface area (Å²) < 4.78 is 0. The van der Waals surface area contributed by atoms with Crippen LogP contribution in [0.3, 0.4) is 0 Å². The molecule has 212 valence electrons. The summed E-state index contributed by atoms with van der Waals surface area (Å²) in [5, 5.41) is 21.5. The number of rotatable bonds is 0. The molecule has 0 aromatic rings. The van der Waals surface area contributed by atoms with Gasteiger partial charge < -0.3 is 26.6 Å². The van der Waals surface area contributed by atoms with Crippen LogP contribution in [0.2, 0.25) is 0 Å². The maximum atomic E-state index is 5.14. The van der Waals surface area contributed by atoms with Crippen LogP contribution in [0.4, 0.5) is 0 Å². The third-order valence-electron chi connectivity index (χ3n) is 14.4. The van der Waals surface area contributed by atoms with E-state index in [0.717, 1.165) is 48.0 Å². The Morgan fingerprint density at radius 3 is 2.08 bits per heavy atom. The maximum absolute atomic E-state index is 5.14. The molecule has 6 nitrogen and oxygen atoms in total. The van der Waals surface area contributed by atoms with Gasteiger partial charge in [-0.25, -0.2) is 0 Å². The molecule has 0 amide bonds. The summed E-state index contributed by atoms with van der Waals surface area (Å²) in [5.41, 5.74) is 1.62. The molecule has 0 aromatic carbocycles. The quantitative estimate of drug-likeness (QED) is 0.333. The van der Waals surface area contributed by atoms with Crippen molar-refractivity contribution >= 4 is 5.71 Å². The van der Waals surface area contributed by atoms with Crippen molar-refractivity contribution in [3.8, 4) is 0 Å². The van der Waals surface area contributed by atoms with Crippen molar-refractivity contribution < 1.29 is 0 Å². The van der Waals surface area contributed by atoms with Crippen molar-refractivity contribution in [3.05, 3.63) is 12.3 Å². The molecule has 17 atom stereocenters. The fourth-order valence-electron chi connectivity index (χ4n) is 13.1. The lowest BCUT2D eigenvalue weighted by molar-refractivity contribution is 0.0167. The Morgan fingerprint density at radius 2 is 1.28 bits per heavy atom. The Hall–Kier alpha value is -0.950. The highest BCUT2D eigenvalue weighted by molar-refractivity contribution is 5.90. The summed E-state index contributed by atoms with van der Waals surface area (Å²) in [7, 11) is 0. The second-order valence-corrected chi connectivity index (χ2v) is 15.9. The summed E-state index contributed by atoms with van der Waals surface area (Å²) in [4.78, 5) is 5.14. The third-order valence-corrected chi connectivity index (χ3v) is 14.4. The van der Waals surface area contributed by atoms with E-state index >= 15 is 0 Å². The molecule has 5 saturated heterocycles. The summed E-state index contributed by atoms with van der Waals surface area (Å²) in [5.74, 6) is 6.31. The molecule has 8 bridgehead atoms. The zero-order valence-corrected chi connectivity index (χ0v) is 23.6. The number of aliphatic imine (C=N–C) groups is 1. The van der Waals surface area contributed by atoms with Gasteiger partial charge in [0.25, 0.3) is 0 Å². The number of nitrogens with one attached hydrogen (secondary N) is 5. The summed E-state index contributed by atoms with van der Waals surface area (Å²) >= 11 is 0. The van der Waals surface area contributed by atoms with E-state index < -0.39 is 0 Å². The molecule has 7 heterocycles. The SMILES string of the molecule is C1=CC2C(CC3CC4CC5CC6CC7=NCCC7C(C7CCC8CCC9CCC(NC9C8N7)C2C3N4)C6N5)N1. The minimum absolute atomic E-state index is 0.663. The van der Waals surface area contributed by atoms with Gasteiger partial charge in [0.15, 0.2) is 0 Å². The smallest absolute Gasteiger partial charge is 0.0395 e. The van der Waals surface area contributed by atoms with E-state index in [9.17, 15) is 0 Å². The first-order valence-corrected chi connectivity index (χ1v) is 17.3. The minimum atomic E-state index is 0.663. The van der Waals surface area contributed by atoms with Crippen LogP contribution in [0.15, 0.2) is 17.3 Å².